The predicted octanol–water partition coefficient (Wildman–Crippen LogP) is 1.93. The van der Waals surface area contributed by atoms with Gasteiger partial charge in [0.25, 0.3) is 0 Å². The molecule has 27 heavy (non-hydrogen) atoms. The smallest absolute Gasteiger partial charge is 0.179 e. The van der Waals surface area contributed by atoms with Crippen LogP contribution in [0.15, 0.2) is 36.8 Å². The number of aryl methyl sites for hydroxylation is 5. The molecular formula is C19H23N7O. The zero-order chi connectivity index (χ0) is 19.4. The van der Waals surface area contributed by atoms with Gasteiger partial charge in [-0.15, -0.1) is 0 Å². The summed E-state index contributed by atoms with van der Waals surface area (Å²) in [7, 11) is 2.99. The first-order valence-electron chi connectivity index (χ1n) is 8.68. The van der Waals surface area contributed by atoms with E-state index in [4.69, 9.17) is 10.2 Å². The molecule has 4 aromatic heterocycles. The van der Waals surface area contributed by atoms with Crippen molar-refractivity contribution in [2.24, 2.45) is 7.05 Å². The molecule has 4 rings (SSSR count). The lowest BCUT2D eigenvalue weighted by atomic mass is 10.2. The zero-order valence-electron chi connectivity index (χ0n) is 16.0. The normalized spacial score (nSPS) is 10.7. The fourth-order valence-electron chi connectivity index (χ4n) is 2.84. The summed E-state index contributed by atoms with van der Waals surface area (Å²) < 4.78 is 3.93. The van der Waals surface area contributed by atoms with Gasteiger partial charge in [0.15, 0.2) is 11.5 Å². The van der Waals surface area contributed by atoms with E-state index in [1.807, 2.05) is 48.3 Å². The highest BCUT2D eigenvalue weighted by Gasteiger charge is 2.11. The molecule has 0 fully saturated rings. The molecule has 0 saturated heterocycles. The number of aromatic nitrogens is 7. The van der Waals surface area contributed by atoms with E-state index in [0.29, 0.717) is 5.82 Å². The van der Waals surface area contributed by atoms with Gasteiger partial charge in [-0.2, -0.15) is 5.10 Å². The molecule has 0 aliphatic heterocycles. The molecule has 8 heteroatoms. The molecule has 0 aliphatic rings. The van der Waals surface area contributed by atoms with Crippen LogP contribution >= 0.6 is 0 Å². The highest BCUT2D eigenvalue weighted by Crippen LogP contribution is 2.15. The lowest BCUT2D eigenvalue weighted by Gasteiger charge is -2.03. The number of fused-ring (bicyclic) bond motifs is 1. The van der Waals surface area contributed by atoms with Crippen molar-refractivity contribution < 1.29 is 5.11 Å². The lowest BCUT2D eigenvalue weighted by Crippen LogP contribution is -2.04. The molecule has 0 aliphatic carbocycles. The van der Waals surface area contributed by atoms with Crippen molar-refractivity contribution in [2.75, 3.05) is 7.11 Å². The van der Waals surface area contributed by atoms with E-state index >= 15 is 0 Å². The number of aliphatic hydroxyl groups is 1. The summed E-state index contributed by atoms with van der Waals surface area (Å²) in [6.45, 7) is 4.04. The quantitative estimate of drug-likeness (QED) is 0.594. The highest BCUT2D eigenvalue weighted by molar-refractivity contribution is 5.47. The second-order valence-electron chi connectivity index (χ2n) is 6.10. The molecular weight excluding hydrogens is 342 g/mol. The maximum Gasteiger partial charge on any atom is 0.179 e. The molecule has 1 N–H and O–H groups in total. The van der Waals surface area contributed by atoms with Gasteiger partial charge >= 0.3 is 0 Å². The Labute approximate surface area is 157 Å². The van der Waals surface area contributed by atoms with Crippen molar-refractivity contribution in [3.8, 4) is 11.5 Å². The maximum atomic E-state index is 7.00. The highest BCUT2D eigenvalue weighted by atomic mass is 16.2. The second kappa shape index (κ2) is 8.05. The largest absolute Gasteiger partial charge is 0.400 e. The first-order valence-corrected chi connectivity index (χ1v) is 8.68. The molecule has 0 radical (unpaired) electrons. The number of rotatable bonds is 4. The molecule has 0 unspecified atom stereocenters. The van der Waals surface area contributed by atoms with Crippen molar-refractivity contribution in [3.05, 3.63) is 59.7 Å². The average molecular weight is 365 g/mol. The van der Waals surface area contributed by atoms with E-state index < -0.39 is 0 Å². The molecule has 0 atom stereocenters. The fourth-order valence-corrected chi connectivity index (χ4v) is 2.84. The Morgan fingerprint density at radius 1 is 1.00 bits per heavy atom. The first-order chi connectivity index (χ1) is 13.1. The Balaban J connectivity index is 0.00000102. The van der Waals surface area contributed by atoms with Crippen molar-refractivity contribution in [1.82, 2.24) is 34.1 Å². The minimum Gasteiger partial charge on any atom is -0.400 e. The van der Waals surface area contributed by atoms with Crippen LogP contribution in [0.1, 0.15) is 22.9 Å². The number of imidazole rings is 2. The van der Waals surface area contributed by atoms with Crippen molar-refractivity contribution in [1.29, 1.82) is 0 Å². The van der Waals surface area contributed by atoms with E-state index in [1.54, 1.807) is 18.5 Å². The Kier molecular flexibility index (Phi) is 5.56. The van der Waals surface area contributed by atoms with Gasteiger partial charge in [-0.25, -0.2) is 24.5 Å². The summed E-state index contributed by atoms with van der Waals surface area (Å²) in [5.41, 5.74) is 4.80. The topological polar surface area (TPSA) is 94.0 Å². The van der Waals surface area contributed by atoms with Crippen molar-refractivity contribution >= 4 is 5.65 Å². The van der Waals surface area contributed by atoms with Crippen LogP contribution < -0.4 is 0 Å². The third-order valence-corrected chi connectivity index (χ3v) is 4.37. The molecule has 0 saturated carbocycles. The van der Waals surface area contributed by atoms with Crippen LogP contribution in [0.25, 0.3) is 17.2 Å². The molecule has 4 aromatic rings. The number of hydrogen-bond donors (Lipinski definition) is 1. The van der Waals surface area contributed by atoms with Gasteiger partial charge in [-0.1, -0.05) is 0 Å². The molecule has 140 valence electrons. The van der Waals surface area contributed by atoms with Gasteiger partial charge < -0.3 is 9.67 Å². The predicted molar refractivity (Wildman–Crippen MR) is 102 cm³/mol. The molecule has 8 nitrogen and oxygen atoms in total. The average Bonchev–Trinajstić information content (AvgIpc) is 3.22. The van der Waals surface area contributed by atoms with Gasteiger partial charge in [0.2, 0.25) is 0 Å². The summed E-state index contributed by atoms with van der Waals surface area (Å²) in [6, 6.07) is 5.85. The Morgan fingerprint density at radius 3 is 2.48 bits per heavy atom. The zero-order valence-corrected chi connectivity index (χ0v) is 16.0. The van der Waals surface area contributed by atoms with Crippen molar-refractivity contribution in [2.45, 2.75) is 26.7 Å². The monoisotopic (exact) mass is 365 g/mol. The Morgan fingerprint density at radius 2 is 1.74 bits per heavy atom. The number of hydrogen-bond acceptors (Lipinski definition) is 6. The van der Waals surface area contributed by atoms with E-state index in [-0.39, 0.29) is 0 Å². The number of nitrogens with zero attached hydrogens (tertiary/aromatic N) is 7. The molecule has 0 amide bonds. The van der Waals surface area contributed by atoms with E-state index in [0.717, 1.165) is 54.2 Å². The lowest BCUT2D eigenvalue weighted by molar-refractivity contribution is 0.399. The van der Waals surface area contributed by atoms with Crippen LogP contribution in [-0.2, 0) is 19.9 Å². The summed E-state index contributed by atoms with van der Waals surface area (Å²) in [6.07, 6.45) is 7.03. The Bertz CT molecular complexity index is 1040. The SMILES string of the molecule is CO.Cc1nc2ccc(CCc3nc(-c4ncccn4)cn3C)nn2c1C. The second-order valence-corrected chi connectivity index (χ2v) is 6.10. The minimum absolute atomic E-state index is 0.647. The summed E-state index contributed by atoms with van der Waals surface area (Å²) >= 11 is 0. The maximum absolute atomic E-state index is 7.00. The first kappa shape index (κ1) is 18.7. The molecule has 4 heterocycles. The van der Waals surface area contributed by atoms with E-state index in [9.17, 15) is 0 Å². The van der Waals surface area contributed by atoms with Crippen LogP contribution in [0, 0.1) is 13.8 Å². The molecule has 0 aromatic carbocycles. The van der Waals surface area contributed by atoms with Crippen LogP contribution in [0.2, 0.25) is 0 Å². The summed E-state index contributed by atoms with van der Waals surface area (Å²) in [5.74, 6) is 1.64. The standard InChI is InChI=1S/C18H19N7.CH4O/c1-12-13(2)25-17(21-12)8-6-14(23-25)5-7-16-22-15(11-24(16)3)18-19-9-4-10-20-18;1-2/h4,6,8-11H,5,7H2,1-3H3;2H,1H3. The molecule has 0 spiro atoms. The third kappa shape index (κ3) is 3.85. The van der Waals surface area contributed by atoms with Crippen LogP contribution in [0.3, 0.4) is 0 Å². The van der Waals surface area contributed by atoms with Crippen LogP contribution in [0.4, 0.5) is 0 Å². The van der Waals surface area contributed by atoms with Gasteiger partial charge in [0.05, 0.1) is 17.1 Å². The Hall–Kier alpha value is -3.13. The van der Waals surface area contributed by atoms with Crippen molar-refractivity contribution in [3.63, 3.8) is 0 Å². The third-order valence-electron chi connectivity index (χ3n) is 4.37. The van der Waals surface area contributed by atoms with Gasteiger partial charge in [-0.3, -0.25) is 0 Å². The van der Waals surface area contributed by atoms with Gasteiger partial charge in [0.1, 0.15) is 11.5 Å². The molecule has 0 bridgehead atoms. The fraction of sp³-hybridized carbons (Fsp3) is 0.316. The van der Waals surface area contributed by atoms with E-state index in [2.05, 4.69) is 19.9 Å². The minimum atomic E-state index is 0.647. The summed E-state index contributed by atoms with van der Waals surface area (Å²) in [5, 5.41) is 11.7. The van der Waals surface area contributed by atoms with E-state index in [1.165, 1.54) is 0 Å². The van der Waals surface area contributed by atoms with Crippen LogP contribution in [0.5, 0.6) is 0 Å². The summed E-state index contributed by atoms with van der Waals surface area (Å²) in [4.78, 5) is 17.7. The number of aliphatic hydroxyl groups excluding tert-OH is 1. The van der Waals surface area contributed by atoms with Crippen LogP contribution in [-0.4, -0.2) is 46.3 Å². The van der Waals surface area contributed by atoms with Gasteiger partial charge in [-0.05, 0) is 38.5 Å². The van der Waals surface area contributed by atoms with Gasteiger partial charge in [0, 0.05) is 39.2 Å².